The summed E-state index contributed by atoms with van der Waals surface area (Å²) in [5, 5.41) is 0. The van der Waals surface area contributed by atoms with E-state index >= 15 is 0 Å². The van der Waals surface area contributed by atoms with Crippen LogP contribution < -0.4 is 0 Å². The number of hydrogen-bond donors (Lipinski definition) is 0. The Bertz CT molecular complexity index is 592. The number of carbonyl (C=O) groups excluding carboxylic acids is 1. The lowest BCUT2D eigenvalue weighted by Gasteiger charge is -2.33. The van der Waals surface area contributed by atoms with E-state index in [2.05, 4.69) is 30.3 Å². The molecular formula is C21H29NO2. The van der Waals surface area contributed by atoms with Gasteiger partial charge in [0.05, 0.1) is 0 Å². The van der Waals surface area contributed by atoms with E-state index in [1.54, 1.807) is 5.57 Å². The fourth-order valence-electron chi connectivity index (χ4n) is 3.61. The molecule has 3 heteroatoms. The minimum atomic E-state index is -0.407. The van der Waals surface area contributed by atoms with Crippen LogP contribution in [0.15, 0.2) is 35.9 Å². The lowest BCUT2D eigenvalue weighted by atomic mass is 9.92. The van der Waals surface area contributed by atoms with E-state index in [-0.39, 0.29) is 6.09 Å². The van der Waals surface area contributed by atoms with Gasteiger partial charge in [-0.1, -0.05) is 35.9 Å². The molecule has 1 aromatic rings. The van der Waals surface area contributed by atoms with Crippen molar-refractivity contribution >= 4 is 6.09 Å². The van der Waals surface area contributed by atoms with Gasteiger partial charge >= 0.3 is 6.09 Å². The number of carbonyl (C=O) groups is 1. The molecule has 0 spiro atoms. The van der Waals surface area contributed by atoms with Gasteiger partial charge in [-0.05, 0) is 69.9 Å². The van der Waals surface area contributed by atoms with Crippen molar-refractivity contribution in [3.63, 3.8) is 0 Å². The Morgan fingerprint density at radius 3 is 2.29 bits per heavy atom. The van der Waals surface area contributed by atoms with Crippen LogP contribution in [0.5, 0.6) is 0 Å². The van der Waals surface area contributed by atoms with Crippen LogP contribution in [0.4, 0.5) is 4.79 Å². The molecule has 24 heavy (non-hydrogen) atoms. The molecule has 1 fully saturated rings. The van der Waals surface area contributed by atoms with E-state index in [1.807, 2.05) is 25.7 Å². The number of likely N-dealkylation sites (tertiary alicyclic amines) is 1. The van der Waals surface area contributed by atoms with Crippen molar-refractivity contribution in [3.8, 4) is 0 Å². The van der Waals surface area contributed by atoms with Crippen molar-refractivity contribution in [2.45, 2.75) is 58.5 Å². The summed E-state index contributed by atoms with van der Waals surface area (Å²) < 4.78 is 5.46. The molecule has 0 saturated carbocycles. The van der Waals surface area contributed by atoms with Gasteiger partial charge in [-0.15, -0.1) is 0 Å². The molecule has 1 aliphatic heterocycles. The molecular weight excluding hydrogens is 298 g/mol. The maximum atomic E-state index is 12.1. The zero-order valence-electron chi connectivity index (χ0n) is 15.2. The van der Waals surface area contributed by atoms with Crippen molar-refractivity contribution in [2.24, 2.45) is 5.92 Å². The summed E-state index contributed by atoms with van der Waals surface area (Å²) in [4.78, 5) is 14.0. The molecule has 130 valence electrons. The Kier molecular flexibility index (Phi) is 4.98. The van der Waals surface area contributed by atoms with Crippen molar-refractivity contribution in [2.75, 3.05) is 13.1 Å². The van der Waals surface area contributed by atoms with Gasteiger partial charge in [0.25, 0.3) is 0 Å². The van der Waals surface area contributed by atoms with E-state index in [9.17, 15) is 4.79 Å². The number of fused-ring (bicyclic) bond motifs is 1. The lowest BCUT2D eigenvalue weighted by molar-refractivity contribution is 0.0185. The molecule has 3 nitrogen and oxygen atoms in total. The Hall–Kier alpha value is -1.77. The van der Waals surface area contributed by atoms with Crippen LogP contribution in [0.3, 0.4) is 0 Å². The maximum Gasteiger partial charge on any atom is 0.410 e. The van der Waals surface area contributed by atoms with Gasteiger partial charge in [0, 0.05) is 13.1 Å². The van der Waals surface area contributed by atoms with Gasteiger partial charge in [0.2, 0.25) is 0 Å². The molecule has 2 aliphatic rings. The van der Waals surface area contributed by atoms with Crippen LogP contribution in [-0.4, -0.2) is 29.7 Å². The average Bonchev–Trinajstić information content (AvgIpc) is 2.94. The number of ether oxygens (including phenoxy) is 1. The molecule has 0 atom stereocenters. The van der Waals surface area contributed by atoms with Crippen molar-refractivity contribution in [1.29, 1.82) is 0 Å². The fraction of sp³-hybridized carbons (Fsp3) is 0.571. The van der Waals surface area contributed by atoms with Crippen LogP contribution in [0.2, 0.25) is 0 Å². The summed E-state index contributed by atoms with van der Waals surface area (Å²) in [5.74, 6) is 0.694. The summed E-state index contributed by atoms with van der Waals surface area (Å²) >= 11 is 0. The van der Waals surface area contributed by atoms with Crippen molar-refractivity contribution < 1.29 is 9.53 Å². The minimum Gasteiger partial charge on any atom is -0.444 e. The summed E-state index contributed by atoms with van der Waals surface area (Å²) in [6, 6.07) is 8.76. The first-order valence-corrected chi connectivity index (χ1v) is 9.13. The van der Waals surface area contributed by atoms with Crippen LogP contribution in [0, 0.1) is 5.92 Å². The smallest absolute Gasteiger partial charge is 0.410 e. The molecule has 0 unspecified atom stereocenters. The average molecular weight is 327 g/mol. The third kappa shape index (κ3) is 4.40. The second-order valence-electron chi connectivity index (χ2n) is 8.13. The predicted molar refractivity (Wildman–Crippen MR) is 97.1 cm³/mol. The Balaban J connectivity index is 1.45. The number of hydrogen-bond acceptors (Lipinski definition) is 2. The normalized spacial score (nSPS) is 18.5. The highest BCUT2D eigenvalue weighted by molar-refractivity contribution is 5.68. The summed E-state index contributed by atoms with van der Waals surface area (Å²) in [6.45, 7) is 7.41. The van der Waals surface area contributed by atoms with Gasteiger partial charge in [0.15, 0.2) is 0 Å². The zero-order chi connectivity index (χ0) is 17.2. The highest BCUT2D eigenvalue weighted by Crippen LogP contribution is 2.28. The summed E-state index contributed by atoms with van der Waals surface area (Å²) in [6.07, 6.45) is 7.83. The van der Waals surface area contributed by atoms with Crippen LogP contribution >= 0.6 is 0 Å². The Labute approximate surface area is 145 Å². The highest BCUT2D eigenvalue weighted by Gasteiger charge is 2.26. The van der Waals surface area contributed by atoms with Gasteiger partial charge in [-0.2, -0.15) is 0 Å². The Morgan fingerprint density at radius 1 is 1.17 bits per heavy atom. The van der Waals surface area contributed by atoms with E-state index < -0.39 is 5.60 Å². The fourth-order valence-corrected chi connectivity index (χ4v) is 3.61. The lowest BCUT2D eigenvalue weighted by Crippen LogP contribution is -2.41. The molecule has 0 N–H and O–H groups in total. The van der Waals surface area contributed by atoms with Gasteiger partial charge < -0.3 is 9.64 Å². The number of amides is 1. The number of benzene rings is 1. The quantitative estimate of drug-likeness (QED) is 0.734. The van der Waals surface area contributed by atoms with E-state index in [0.29, 0.717) is 5.92 Å². The van der Waals surface area contributed by atoms with E-state index in [1.165, 1.54) is 11.1 Å². The molecule has 1 amide bonds. The van der Waals surface area contributed by atoms with Gasteiger partial charge in [0.1, 0.15) is 5.60 Å². The first-order chi connectivity index (χ1) is 11.4. The molecule has 0 aromatic heterocycles. The summed E-state index contributed by atoms with van der Waals surface area (Å²) in [7, 11) is 0. The summed E-state index contributed by atoms with van der Waals surface area (Å²) in [5.41, 5.74) is 4.13. The number of piperidine rings is 1. The molecule has 1 aliphatic carbocycles. The van der Waals surface area contributed by atoms with E-state index in [4.69, 9.17) is 4.74 Å². The second-order valence-corrected chi connectivity index (χ2v) is 8.13. The van der Waals surface area contributed by atoms with Crippen LogP contribution in [0.25, 0.3) is 0 Å². The molecule has 0 radical (unpaired) electrons. The van der Waals surface area contributed by atoms with Crippen LogP contribution in [0.1, 0.15) is 51.2 Å². The van der Waals surface area contributed by atoms with Crippen molar-refractivity contribution in [1.82, 2.24) is 4.90 Å². The van der Waals surface area contributed by atoms with E-state index in [0.717, 1.165) is 45.2 Å². The largest absolute Gasteiger partial charge is 0.444 e. The zero-order valence-corrected chi connectivity index (χ0v) is 15.2. The molecule has 0 bridgehead atoms. The topological polar surface area (TPSA) is 29.5 Å². The molecule has 1 saturated heterocycles. The Morgan fingerprint density at radius 2 is 1.75 bits per heavy atom. The minimum absolute atomic E-state index is 0.162. The molecule has 1 aromatic carbocycles. The third-order valence-electron chi connectivity index (χ3n) is 4.96. The highest BCUT2D eigenvalue weighted by atomic mass is 16.6. The second kappa shape index (κ2) is 7.00. The SMILES string of the molecule is CC(C)(C)OC(=O)N1CCC(CC=C2Cc3ccccc3C2)CC1. The van der Waals surface area contributed by atoms with Gasteiger partial charge in [-0.3, -0.25) is 0 Å². The monoisotopic (exact) mass is 327 g/mol. The number of nitrogens with zero attached hydrogens (tertiary/aromatic N) is 1. The maximum absolute atomic E-state index is 12.1. The van der Waals surface area contributed by atoms with Gasteiger partial charge in [-0.25, -0.2) is 4.79 Å². The number of rotatable bonds is 2. The number of allylic oxidation sites excluding steroid dienone is 2. The molecule has 3 rings (SSSR count). The van der Waals surface area contributed by atoms with Crippen molar-refractivity contribution in [3.05, 3.63) is 47.0 Å². The third-order valence-corrected chi connectivity index (χ3v) is 4.96. The van der Waals surface area contributed by atoms with Crippen LogP contribution in [-0.2, 0) is 17.6 Å². The first-order valence-electron chi connectivity index (χ1n) is 9.13. The standard InChI is InChI=1S/C21H29NO2/c1-21(2,3)24-20(23)22-12-10-16(11-13-22)8-9-17-14-18-6-4-5-7-19(18)15-17/h4-7,9,16H,8,10-15H2,1-3H3. The predicted octanol–water partition coefficient (Wildman–Crippen LogP) is 4.75. The molecule has 1 heterocycles. The first kappa shape index (κ1) is 17.1.